The Morgan fingerprint density at radius 2 is 2.26 bits per heavy atom. The summed E-state index contributed by atoms with van der Waals surface area (Å²) in [5.41, 5.74) is 1.19. The number of H-pyrrole nitrogens is 1. The van der Waals surface area contributed by atoms with Gasteiger partial charge in [-0.05, 0) is 20.8 Å². The van der Waals surface area contributed by atoms with Gasteiger partial charge in [-0.2, -0.15) is 5.10 Å². The minimum Gasteiger partial charge on any atom is -0.444 e. The summed E-state index contributed by atoms with van der Waals surface area (Å²) in [6.45, 7) is 5.80. The second kappa shape index (κ2) is 5.13. The third kappa shape index (κ3) is 3.57. The van der Waals surface area contributed by atoms with Crippen LogP contribution in [0.3, 0.4) is 0 Å². The number of nitrogens with one attached hydrogen (secondary N) is 2. The van der Waals surface area contributed by atoms with Crippen molar-refractivity contribution in [3.8, 4) is 5.69 Å². The van der Waals surface area contributed by atoms with Crippen molar-refractivity contribution in [2.45, 2.75) is 32.9 Å². The highest BCUT2D eigenvalue weighted by Crippen LogP contribution is 2.10. The van der Waals surface area contributed by atoms with Crippen molar-refractivity contribution in [3.63, 3.8) is 0 Å². The number of ether oxygens (including phenoxy) is 1. The van der Waals surface area contributed by atoms with E-state index in [-0.39, 0.29) is 0 Å². The van der Waals surface area contributed by atoms with Crippen LogP contribution in [0.15, 0.2) is 24.9 Å². The number of aromatic amines is 1. The Bertz CT molecular complexity index is 539. The molecule has 0 radical (unpaired) electrons. The largest absolute Gasteiger partial charge is 0.444 e. The molecule has 0 aromatic carbocycles. The molecule has 2 aromatic rings. The number of amides is 1. The molecule has 102 valence electrons. The van der Waals surface area contributed by atoms with Gasteiger partial charge in [-0.1, -0.05) is 0 Å². The van der Waals surface area contributed by atoms with Gasteiger partial charge in [-0.3, -0.25) is 9.67 Å². The summed E-state index contributed by atoms with van der Waals surface area (Å²) in [7, 11) is 0. The lowest BCUT2D eigenvalue weighted by molar-refractivity contribution is 0.0522. The Kier molecular flexibility index (Phi) is 3.55. The third-order valence-electron chi connectivity index (χ3n) is 2.29. The lowest BCUT2D eigenvalue weighted by Crippen LogP contribution is -2.32. The highest BCUT2D eigenvalue weighted by molar-refractivity contribution is 5.67. The average molecular weight is 263 g/mol. The highest BCUT2D eigenvalue weighted by Gasteiger charge is 2.16. The van der Waals surface area contributed by atoms with E-state index in [4.69, 9.17) is 4.74 Å². The summed E-state index contributed by atoms with van der Waals surface area (Å²) in [5, 5.41) is 9.30. The van der Waals surface area contributed by atoms with Crippen molar-refractivity contribution in [2.24, 2.45) is 0 Å². The van der Waals surface area contributed by atoms with Crippen molar-refractivity contribution in [1.82, 2.24) is 25.1 Å². The van der Waals surface area contributed by atoms with Gasteiger partial charge < -0.3 is 10.1 Å². The number of alkyl carbamates (subject to hydrolysis) is 1. The Morgan fingerprint density at radius 1 is 1.47 bits per heavy atom. The summed E-state index contributed by atoms with van der Waals surface area (Å²) in [6, 6.07) is 0. The molecular weight excluding hydrogens is 246 g/mol. The SMILES string of the molecule is CC(C)(C)OC(=O)NCc1cncn1-c1cn[nH]c1. The van der Waals surface area contributed by atoms with Crippen molar-refractivity contribution in [1.29, 1.82) is 0 Å². The van der Waals surface area contributed by atoms with Gasteiger partial charge in [0, 0.05) is 6.20 Å². The van der Waals surface area contributed by atoms with Gasteiger partial charge in [0.15, 0.2) is 0 Å². The fraction of sp³-hybridized carbons (Fsp3) is 0.417. The molecule has 0 aliphatic carbocycles. The van der Waals surface area contributed by atoms with E-state index < -0.39 is 11.7 Å². The first-order valence-corrected chi connectivity index (χ1v) is 5.93. The average Bonchev–Trinajstić information content (AvgIpc) is 2.94. The molecule has 1 amide bonds. The molecule has 0 bridgehead atoms. The fourth-order valence-electron chi connectivity index (χ4n) is 1.54. The maximum absolute atomic E-state index is 11.6. The molecule has 2 N–H and O–H groups in total. The summed E-state index contributed by atoms with van der Waals surface area (Å²) in [6.07, 6.45) is 6.32. The van der Waals surface area contributed by atoms with E-state index in [0.29, 0.717) is 6.54 Å². The first-order chi connectivity index (χ1) is 8.96. The minimum atomic E-state index is -0.505. The fourth-order valence-corrected chi connectivity index (χ4v) is 1.54. The topological polar surface area (TPSA) is 84.8 Å². The molecule has 0 aliphatic rings. The van der Waals surface area contributed by atoms with Crippen molar-refractivity contribution >= 4 is 6.09 Å². The van der Waals surface area contributed by atoms with E-state index >= 15 is 0 Å². The Morgan fingerprint density at radius 3 is 2.89 bits per heavy atom. The predicted molar refractivity (Wildman–Crippen MR) is 68.8 cm³/mol. The van der Waals surface area contributed by atoms with Crippen LogP contribution in [-0.2, 0) is 11.3 Å². The molecule has 0 saturated heterocycles. The summed E-state index contributed by atoms with van der Waals surface area (Å²) < 4.78 is 7.00. The number of hydrogen-bond acceptors (Lipinski definition) is 4. The lowest BCUT2D eigenvalue weighted by Gasteiger charge is -2.19. The smallest absolute Gasteiger partial charge is 0.407 e. The standard InChI is InChI=1S/C12H17N5O2/c1-12(2,3)19-11(18)14-5-9-4-13-8-17(9)10-6-15-16-7-10/h4,6-8H,5H2,1-3H3,(H,14,18)(H,15,16). The molecule has 2 rings (SSSR count). The van der Waals surface area contributed by atoms with Crippen molar-refractivity contribution < 1.29 is 9.53 Å². The molecule has 2 aromatic heterocycles. The minimum absolute atomic E-state index is 0.333. The van der Waals surface area contributed by atoms with Gasteiger partial charge >= 0.3 is 6.09 Å². The molecule has 0 fully saturated rings. The Balaban J connectivity index is 1.98. The Hall–Kier alpha value is -2.31. The molecule has 2 heterocycles. The van der Waals surface area contributed by atoms with Gasteiger partial charge in [0.25, 0.3) is 0 Å². The molecule has 0 atom stereocenters. The van der Waals surface area contributed by atoms with Crippen LogP contribution in [-0.4, -0.2) is 31.4 Å². The van der Waals surface area contributed by atoms with Crippen LogP contribution >= 0.6 is 0 Å². The van der Waals surface area contributed by atoms with Gasteiger partial charge in [0.1, 0.15) is 5.60 Å². The van der Waals surface area contributed by atoms with Crippen LogP contribution in [0.25, 0.3) is 5.69 Å². The summed E-state index contributed by atoms with van der Waals surface area (Å²) in [5.74, 6) is 0. The second-order valence-corrected chi connectivity index (χ2v) is 5.07. The van der Waals surface area contributed by atoms with E-state index in [0.717, 1.165) is 11.4 Å². The normalized spacial score (nSPS) is 11.3. The van der Waals surface area contributed by atoms with Crippen molar-refractivity contribution in [3.05, 3.63) is 30.6 Å². The van der Waals surface area contributed by atoms with Crippen molar-refractivity contribution in [2.75, 3.05) is 0 Å². The van der Waals surface area contributed by atoms with Gasteiger partial charge in [-0.25, -0.2) is 9.78 Å². The zero-order valence-electron chi connectivity index (χ0n) is 11.2. The van der Waals surface area contributed by atoms with E-state index in [1.807, 2.05) is 25.3 Å². The summed E-state index contributed by atoms with van der Waals surface area (Å²) in [4.78, 5) is 15.6. The molecule has 0 saturated carbocycles. The van der Waals surface area contributed by atoms with Gasteiger partial charge in [-0.15, -0.1) is 0 Å². The summed E-state index contributed by atoms with van der Waals surface area (Å²) >= 11 is 0. The van der Waals surface area contributed by atoms with Crippen LogP contribution in [0.4, 0.5) is 4.79 Å². The number of carbonyl (C=O) groups is 1. The second-order valence-electron chi connectivity index (χ2n) is 5.07. The zero-order chi connectivity index (χ0) is 13.9. The monoisotopic (exact) mass is 263 g/mol. The number of nitrogens with zero attached hydrogens (tertiary/aromatic N) is 3. The van der Waals surface area contributed by atoms with E-state index in [2.05, 4.69) is 20.5 Å². The maximum atomic E-state index is 11.6. The number of rotatable bonds is 3. The number of carbonyl (C=O) groups excluding carboxylic acids is 1. The lowest BCUT2D eigenvalue weighted by atomic mass is 10.2. The van der Waals surface area contributed by atoms with E-state index in [9.17, 15) is 4.79 Å². The van der Waals surface area contributed by atoms with Crippen LogP contribution in [0, 0.1) is 0 Å². The van der Waals surface area contributed by atoms with Crippen LogP contribution in [0.5, 0.6) is 0 Å². The van der Waals surface area contributed by atoms with Crippen LogP contribution in [0.1, 0.15) is 26.5 Å². The molecule has 0 aliphatic heterocycles. The number of imidazole rings is 1. The Labute approximate surface area is 111 Å². The molecular formula is C12H17N5O2. The van der Waals surface area contributed by atoms with Gasteiger partial charge in [0.05, 0.1) is 36.6 Å². The van der Waals surface area contributed by atoms with E-state index in [1.165, 1.54) is 0 Å². The molecule has 0 spiro atoms. The van der Waals surface area contributed by atoms with E-state index in [1.54, 1.807) is 24.9 Å². The first kappa shape index (κ1) is 13.1. The van der Waals surface area contributed by atoms with Crippen LogP contribution in [0.2, 0.25) is 0 Å². The highest BCUT2D eigenvalue weighted by atomic mass is 16.6. The number of aromatic nitrogens is 4. The van der Waals surface area contributed by atoms with Gasteiger partial charge in [0.2, 0.25) is 0 Å². The maximum Gasteiger partial charge on any atom is 0.407 e. The molecule has 7 heteroatoms. The zero-order valence-corrected chi connectivity index (χ0v) is 11.2. The first-order valence-electron chi connectivity index (χ1n) is 5.93. The number of hydrogen-bond donors (Lipinski definition) is 2. The quantitative estimate of drug-likeness (QED) is 0.881. The van der Waals surface area contributed by atoms with Crippen LogP contribution < -0.4 is 5.32 Å². The third-order valence-corrected chi connectivity index (χ3v) is 2.29. The molecule has 7 nitrogen and oxygen atoms in total. The molecule has 19 heavy (non-hydrogen) atoms. The molecule has 0 unspecified atom stereocenters. The predicted octanol–water partition coefficient (Wildman–Crippen LogP) is 1.62.